The zero-order valence-corrected chi connectivity index (χ0v) is 15.5. The molecule has 2 heterocycles. The molecule has 1 N–H and O–H groups in total. The lowest BCUT2D eigenvalue weighted by molar-refractivity contribution is 0.0715. The molecule has 2 aromatic rings. The Hall–Kier alpha value is -2.56. The van der Waals surface area contributed by atoms with Crippen molar-refractivity contribution in [1.29, 1.82) is 0 Å². The highest BCUT2D eigenvalue weighted by Crippen LogP contribution is 2.22. The number of hydrogen-bond acceptors (Lipinski definition) is 3. The molecule has 2 saturated heterocycles. The lowest BCUT2D eigenvalue weighted by Gasteiger charge is -2.34. The van der Waals surface area contributed by atoms with Gasteiger partial charge in [0.2, 0.25) is 0 Å². The fraction of sp³-hybridized carbons (Fsp3) is 0.409. The Morgan fingerprint density at radius 1 is 0.926 bits per heavy atom. The first-order valence-electron chi connectivity index (χ1n) is 9.85. The van der Waals surface area contributed by atoms with Crippen molar-refractivity contribution in [3.63, 3.8) is 0 Å². The predicted octanol–water partition coefficient (Wildman–Crippen LogP) is 4.14. The first-order chi connectivity index (χ1) is 13.2. The van der Waals surface area contributed by atoms with Crippen LogP contribution in [0.2, 0.25) is 0 Å². The monoisotopic (exact) mass is 367 g/mol. The number of likely N-dealkylation sites (tertiary alicyclic amines) is 1. The van der Waals surface area contributed by atoms with Crippen LogP contribution in [0, 0.1) is 5.82 Å². The Morgan fingerprint density at radius 3 is 2.33 bits per heavy atom. The second-order valence-electron chi connectivity index (χ2n) is 7.48. The Labute approximate surface area is 160 Å². The summed E-state index contributed by atoms with van der Waals surface area (Å²) in [4.78, 5) is 17.2. The molecule has 0 aromatic heterocycles. The maximum absolute atomic E-state index is 13.1. The van der Waals surface area contributed by atoms with Crippen molar-refractivity contribution in [3.05, 3.63) is 59.9 Å². The molecule has 0 bridgehead atoms. The van der Waals surface area contributed by atoms with Gasteiger partial charge in [0.05, 0.1) is 0 Å². The third-order valence-corrected chi connectivity index (χ3v) is 5.51. The number of nitrogens with one attached hydrogen (secondary N) is 1. The van der Waals surface area contributed by atoms with Gasteiger partial charge in [-0.05, 0) is 74.2 Å². The van der Waals surface area contributed by atoms with Gasteiger partial charge in [-0.3, -0.25) is 4.79 Å². The number of carbonyl (C=O) groups excluding carboxylic acids is 1. The van der Waals surface area contributed by atoms with Crippen LogP contribution in [0.15, 0.2) is 48.5 Å². The van der Waals surface area contributed by atoms with Crippen molar-refractivity contribution in [2.75, 3.05) is 36.4 Å². The second-order valence-corrected chi connectivity index (χ2v) is 7.48. The molecule has 0 aliphatic carbocycles. The molecule has 0 saturated carbocycles. The van der Waals surface area contributed by atoms with Crippen LogP contribution in [0.25, 0.3) is 0 Å². The van der Waals surface area contributed by atoms with Crippen LogP contribution >= 0.6 is 0 Å². The number of benzene rings is 2. The van der Waals surface area contributed by atoms with E-state index in [-0.39, 0.29) is 17.8 Å². The number of carbonyl (C=O) groups is 1. The summed E-state index contributed by atoms with van der Waals surface area (Å²) in [6.07, 6.45) is 4.47. The summed E-state index contributed by atoms with van der Waals surface area (Å²) in [6.45, 7) is 3.67. The van der Waals surface area contributed by atoms with E-state index in [9.17, 15) is 9.18 Å². The van der Waals surface area contributed by atoms with Crippen molar-refractivity contribution in [2.45, 2.75) is 31.7 Å². The molecule has 4 nitrogen and oxygen atoms in total. The largest absolute Gasteiger partial charge is 0.381 e. The van der Waals surface area contributed by atoms with Crippen LogP contribution in [-0.4, -0.2) is 43.0 Å². The molecule has 0 radical (unpaired) electrons. The van der Waals surface area contributed by atoms with Gasteiger partial charge in [-0.2, -0.15) is 0 Å². The lowest BCUT2D eigenvalue weighted by Crippen LogP contribution is -2.45. The van der Waals surface area contributed by atoms with E-state index in [1.165, 1.54) is 30.7 Å². The normalized spacial score (nSPS) is 20.0. The van der Waals surface area contributed by atoms with E-state index >= 15 is 0 Å². The highest BCUT2D eigenvalue weighted by Gasteiger charge is 2.24. The summed E-state index contributed by atoms with van der Waals surface area (Å²) in [5, 5.41) is 3.42. The summed E-state index contributed by atoms with van der Waals surface area (Å²) in [5.74, 6) is -0.146. The van der Waals surface area contributed by atoms with E-state index < -0.39 is 0 Å². The SMILES string of the molecule is O=C(c1ccc(N2CCCC2)cc1)N1CCC[C@H](Nc2ccc(F)cc2)C1. The third-order valence-electron chi connectivity index (χ3n) is 5.51. The summed E-state index contributed by atoms with van der Waals surface area (Å²) in [5.41, 5.74) is 2.85. The molecule has 2 fully saturated rings. The molecule has 2 aromatic carbocycles. The molecule has 0 spiro atoms. The van der Waals surface area contributed by atoms with Crippen LogP contribution in [0.5, 0.6) is 0 Å². The number of anilines is 2. The van der Waals surface area contributed by atoms with E-state index in [4.69, 9.17) is 0 Å². The van der Waals surface area contributed by atoms with Crippen LogP contribution < -0.4 is 10.2 Å². The molecular formula is C22H26FN3O. The molecule has 1 amide bonds. The molecule has 2 aliphatic heterocycles. The number of halogens is 1. The van der Waals surface area contributed by atoms with E-state index in [1.54, 1.807) is 12.1 Å². The van der Waals surface area contributed by atoms with Crippen molar-refractivity contribution >= 4 is 17.3 Å². The van der Waals surface area contributed by atoms with Gasteiger partial charge in [-0.1, -0.05) is 0 Å². The van der Waals surface area contributed by atoms with Gasteiger partial charge >= 0.3 is 0 Å². The van der Waals surface area contributed by atoms with Crippen molar-refractivity contribution < 1.29 is 9.18 Å². The lowest BCUT2D eigenvalue weighted by atomic mass is 10.0. The number of hydrogen-bond donors (Lipinski definition) is 1. The Bertz CT molecular complexity index is 769. The smallest absolute Gasteiger partial charge is 0.253 e. The number of piperidine rings is 1. The molecule has 2 aliphatic rings. The first kappa shape index (κ1) is 17.8. The van der Waals surface area contributed by atoms with Crippen molar-refractivity contribution in [2.24, 2.45) is 0 Å². The molecule has 5 heteroatoms. The summed E-state index contributed by atoms with van der Waals surface area (Å²) < 4.78 is 13.1. The second kappa shape index (κ2) is 7.99. The average molecular weight is 367 g/mol. The molecule has 4 rings (SSSR count). The fourth-order valence-corrected chi connectivity index (χ4v) is 4.03. The number of amides is 1. The summed E-state index contributed by atoms with van der Waals surface area (Å²) >= 11 is 0. The average Bonchev–Trinajstić information content (AvgIpc) is 3.24. The van der Waals surface area contributed by atoms with Crippen LogP contribution in [-0.2, 0) is 0 Å². The highest BCUT2D eigenvalue weighted by molar-refractivity contribution is 5.94. The number of nitrogens with zero attached hydrogens (tertiary/aromatic N) is 2. The third kappa shape index (κ3) is 4.24. The minimum absolute atomic E-state index is 0.0913. The standard InChI is InChI=1S/C22H26FN3O/c23-18-7-9-19(10-8-18)24-20-4-3-15-26(16-20)22(27)17-5-11-21(12-6-17)25-13-1-2-14-25/h5-12,20,24H,1-4,13-16H2/t20-/m0/s1. The maximum Gasteiger partial charge on any atom is 0.253 e. The molecular weight excluding hydrogens is 341 g/mol. The molecule has 0 unspecified atom stereocenters. The van der Waals surface area contributed by atoms with Crippen LogP contribution in [0.1, 0.15) is 36.0 Å². The van der Waals surface area contributed by atoms with Crippen LogP contribution in [0.3, 0.4) is 0 Å². The van der Waals surface area contributed by atoms with E-state index in [0.29, 0.717) is 6.54 Å². The topological polar surface area (TPSA) is 35.6 Å². The maximum atomic E-state index is 13.1. The predicted molar refractivity (Wildman–Crippen MR) is 107 cm³/mol. The minimum atomic E-state index is -0.238. The fourth-order valence-electron chi connectivity index (χ4n) is 4.03. The van der Waals surface area contributed by atoms with Gasteiger partial charge in [0.1, 0.15) is 5.82 Å². The van der Waals surface area contributed by atoms with Gasteiger partial charge in [-0.15, -0.1) is 0 Å². The van der Waals surface area contributed by atoms with Gasteiger partial charge in [-0.25, -0.2) is 4.39 Å². The Balaban J connectivity index is 1.38. The summed E-state index contributed by atoms with van der Waals surface area (Å²) in [6, 6.07) is 14.6. The van der Waals surface area contributed by atoms with Crippen LogP contribution in [0.4, 0.5) is 15.8 Å². The van der Waals surface area contributed by atoms with E-state index in [0.717, 1.165) is 43.7 Å². The quantitative estimate of drug-likeness (QED) is 0.882. The van der Waals surface area contributed by atoms with Crippen molar-refractivity contribution in [1.82, 2.24) is 4.90 Å². The van der Waals surface area contributed by atoms with Gasteiger partial charge in [0, 0.05) is 49.2 Å². The zero-order chi connectivity index (χ0) is 18.6. The zero-order valence-electron chi connectivity index (χ0n) is 15.5. The van der Waals surface area contributed by atoms with Crippen molar-refractivity contribution in [3.8, 4) is 0 Å². The molecule has 142 valence electrons. The number of rotatable bonds is 4. The molecule has 1 atom stereocenters. The Kier molecular flexibility index (Phi) is 5.28. The van der Waals surface area contributed by atoms with Gasteiger partial charge < -0.3 is 15.1 Å². The summed E-state index contributed by atoms with van der Waals surface area (Å²) in [7, 11) is 0. The molecule has 27 heavy (non-hydrogen) atoms. The first-order valence-corrected chi connectivity index (χ1v) is 9.85. The van der Waals surface area contributed by atoms with E-state index in [2.05, 4.69) is 22.3 Å². The van der Waals surface area contributed by atoms with E-state index in [1.807, 2.05) is 17.0 Å². The van der Waals surface area contributed by atoms with Gasteiger partial charge in [0.25, 0.3) is 5.91 Å². The Morgan fingerprint density at radius 2 is 1.63 bits per heavy atom. The highest BCUT2D eigenvalue weighted by atomic mass is 19.1. The minimum Gasteiger partial charge on any atom is -0.381 e. The van der Waals surface area contributed by atoms with Gasteiger partial charge in [0.15, 0.2) is 0 Å².